The molecule has 0 bridgehead atoms. The Bertz CT molecular complexity index is 537. The molecular formula is C9H14N4O2S. The zero-order valence-electron chi connectivity index (χ0n) is 9.43. The Morgan fingerprint density at radius 3 is 2.50 bits per heavy atom. The van der Waals surface area contributed by atoms with E-state index in [0.717, 1.165) is 0 Å². The highest BCUT2D eigenvalue weighted by Crippen LogP contribution is 2.18. The van der Waals surface area contributed by atoms with Crippen molar-refractivity contribution in [1.29, 1.82) is 5.26 Å². The molecule has 2 N–H and O–H groups in total. The highest BCUT2D eigenvalue weighted by Gasteiger charge is 2.24. The average molecular weight is 242 g/mol. The molecule has 0 amide bonds. The van der Waals surface area contributed by atoms with Crippen molar-refractivity contribution >= 4 is 10.0 Å². The van der Waals surface area contributed by atoms with E-state index in [4.69, 9.17) is 10.4 Å². The van der Waals surface area contributed by atoms with Gasteiger partial charge in [-0.1, -0.05) is 13.8 Å². The first-order valence-electron chi connectivity index (χ1n) is 4.77. The third-order valence-electron chi connectivity index (χ3n) is 2.00. The molecule has 0 aliphatic rings. The van der Waals surface area contributed by atoms with Gasteiger partial charge < -0.3 is 0 Å². The van der Waals surface area contributed by atoms with Gasteiger partial charge in [0.15, 0.2) is 5.03 Å². The molecule has 7 heteroatoms. The molecule has 0 atom stereocenters. The monoisotopic (exact) mass is 242 g/mol. The van der Waals surface area contributed by atoms with Gasteiger partial charge in [0, 0.05) is 6.54 Å². The fourth-order valence-corrected chi connectivity index (χ4v) is 2.33. The van der Waals surface area contributed by atoms with Gasteiger partial charge in [-0.25, -0.2) is 13.6 Å². The molecule has 0 aliphatic carbocycles. The van der Waals surface area contributed by atoms with E-state index >= 15 is 0 Å². The maximum Gasteiger partial charge on any atom is 0.256 e. The lowest BCUT2D eigenvalue weighted by atomic mass is 10.2. The van der Waals surface area contributed by atoms with Crippen LogP contribution >= 0.6 is 0 Å². The maximum absolute atomic E-state index is 11.4. The van der Waals surface area contributed by atoms with Crippen LogP contribution in [-0.4, -0.2) is 18.2 Å². The van der Waals surface area contributed by atoms with E-state index in [1.165, 1.54) is 4.68 Å². The van der Waals surface area contributed by atoms with Crippen LogP contribution in [0, 0.1) is 24.2 Å². The van der Waals surface area contributed by atoms with Crippen LogP contribution in [0.15, 0.2) is 5.03 Å². The van der Waals surface area contributed by atoms with E-state index in [9.17, 15) is 8.42 Å². The second-order valence-electron chi connectivity index (χ2n) is 4.00. The minimum Gasteiger partial charge on any atom is -0.251 e. The Morgan fingerprint density at radius 1 is 1.56 bits per heavy atom. The minimum absolute atomic E-state index is 0.0307. The Hall–Kier alpha value is -1.39. The number of nitriles is 1. The van der Waals surface area contributed by atoms with Gasteiger partial charge in [0.25, 0.3) is 10.0 Å². The van der Waals surface area contributed by atoms with Crippen molar-refractivity contribution in [2.75, 3.05) is 0 Å². The molecule has 0 saturated carbocycles. The van der Waals surface area contributed by atoms with E-state index in [2.05, 4.69) is 5.10 Å². The van der Waals surface area contributed by atoms with Crippen LogP contribution in [0.5, 0.6) is 0 Å². The number of hydrogen-bond donors (Lipinski definition) is 1. The number of sulfonamides is 1. The lowest BCUT2D eigenvalue weighted by Crippen LogP contribution is -2.20. The van der Waals surface area contributed by atoms with E-state index in [1.54, 1.807) is 6.92 Å². The van der Waals surface area contributed by atoms with Crippen molar-refractivity contribution in [2.45, 2.75) is 32.3 Å². The maximum atomic E-state index is 11.4. The predicted octanol–water partition coefficient (Wildman–Crippen LogP) is 0.367. The smallest absolute Gasteiger partial charge is 0.251 e. The zero-order valence-corrected chi connectivity index (χ0v) is 10.2. The number of primary sulfonamides is 1. The summed E-state index contributed by atoms with van der Waals surface area (Å²) >= 11 is 0. The summed E-state index contributed by atoms with van der Waals surface area (Å²) in [5, 5.41) is 17.8. The first kappa shape index (κ1) is 12.7. The van der Waals surface area contributed by atoms with Gasteiger partial charge in [-0.2, -0.15) is 10.4 Å². The predicted molar refractivity (Wildman–Crippen MR) is 57.9 cm³/mol. The van der Waals surface area contributed by atoms with E-state index in [0.29, 0.717) is 12.2 Å². The van der Waals surface area contributed by atoms with Crippen LogP contribution < -0.4 is 5.14 Å². The summed E-state index contributed by atoms with van der Waals surface area (Å²) in [7, 11) is -3.92. The fourth-order valence-electron chi connectivity index (χ4n) is 1.45. The van der Waals surface area contributed by atoms with Crippen LogP contribution in [0.3, 0.4) is 0 Å². The Balaban J connectivity index is 3.47. The molecule has 16 heavy (non-hydrogen) atoms. The van der Waals surface area contributed by atoms with Gasteiger partial charge in [-0.15, -0.1) is 0 Å². The van der Waals surface area contributed by atoms with E-state index in [-0.39, 0.29) is 16.5 Å². The zero-order chi connectivity index (χ0) is 12.5. The standard InChI is InChI=1S/C9H14N4O2S/c1-6(2)5-13-9(16(11,14)15)8(4-10)7(3)12-13/h6H,5H2,1-3H3,(H2,11,14,15). The second kappa shape index (κ2) is 4.23. The molecule has 1 aromatic heterocycles. The SMILES string of the molecule is Cc1nn(CC(C)C)c(S(N)(=O)=O)c1C#N. The van der Waals surface area contributed by atoms with Crippen molar-refractivity contribution in [2.24, 2.45) is 11.1 Å². The Labute approximate surface area is 94.7 Å². The number of nitrogens with zero attached hydrogens (tertiary/aromatic N) is 3. The molecule has 0 spiro atoms. The number of hydrogen-bond acceptors (Lipinski definition) is 4. The molecular weight excluding hydrogens is 228 g/mol. The van der Waals surface area contributed by atoms with Crippen molar-refractivity contribution < 1.29 is 8.42 Å². The normalized spacial score (nSPS) is 11.8. The average Bonchev–Trinajstić information content (AvgIpc) is 2.39. The molecule has 0 unspecified atom stereocenters. The lowest BCUT2D eigenvalue weighted by Gasteiger charge is -2.08. The van der Waals surface area contributed by atoms with Gasteiger partial charge in [0.05, 0.1) is 5.69 Å². The van der Waals surface area contributed by atoms with Crippen molar-refractivity contribution in [3.8, 4) is 6.07 Å². The molecule has 1 aromatic rings. The highest BCUT2D eigenvalue weighted by molar-refractivity contribution is 7.89. The van der Waals surface area contributed by atoms with Crippen LogP contribution in [0.4, 0.5) is 0 Å². The third-order valence-corrected chi connectivity index (χ3v) is 2.95. The molecule has 0 aliphatic heterocycles. The number of aromatic nitrogens is 2. The molecule has 0 fully saturated rings. The first-order chi connectivity index (χ1) is 7.27. The lowest BCUT2D eigenvalue weighted by molar-refractivity contribution is 0.447. The largest absolute Gasteiger partial charge is 0.256 e. The fraction of sp³-hybridized carbons (Fsp3) is 0.556. The van der Waals surface area contributed by atoms with E-state index in [1.807, 2.05) is 19.9 Å². The summed E-state index contributed by atoms with van der Waals surface area (Å²) in [6.07, 6.45) is 0. The first-order valence-corrected chi connectivity index (χ1v) is 6.32. The Morgan fingerprint density at radius 2 is 2.12 bits per heavy atom. The van der Waals surface area contributed by atoms with Crippen molar-refractivity contribution in [3.05, 3.63) is 11.3 Å². The number of nitrogens with two attached hydrogens (primary N) is 1. The van der Waals surface area contributed by atoms with E-state index < -0.39 is 10.0 Å². The molecule has 0 radical (unpaired) electrons. The summed E-state index contributed by atoms with van der Waals surface area (Å²) in [6, 6.07) is 1.82. The molecule has 6 nitrogen and oxygen atoms in total. The Kier molecular flexibility index (Phi) is 3.35. The minimum atomic E-state index is -3.92. The number of rotatable bonds is 3. The van der Waals surface area contributed by atoms with Crippen LogP contribution in [0.1, 0.15) is 25.1 Å². The van der Waals surface area contributed by atoms with Gasteiger partial charge in [-0.05, 0) is 12.8 Å². The number of aryl methyl sites for hydroxylation is 1. The summed E-state index contributed by atoms with van der Waals surface area (Å²) in [5.41, 5.74) is 0.412. The van der Waals surface area contributed by atoms with Gasteiger partial charge >= 0.3 is 0 Å². The van der Waals surface area contributed by atoms with Gasteiger partial charge in [0.1, 0.15) is 11.6 Å². The molecule has 1 rings (SSSR count). The summed E-state index contributed by atoms with van der Waals surface area (Å²) in [5.74, 6) is 0.214. The van der Waals surface area contributed by atoms with Gasteiger partial charge in [-0.3, -0.25) is 4.68 Å². The summed E-state index contributed by atoms with van der Waals surface area (Å²) in [6.45, 7) is 5.85. The molecule has 0 aromatic carbocycles. The van der Waals surface area contributed by atoms with Crippen LogP contribution in [0.2, 0.25) is 0 Å². The highest BCUT2D eigenvalue weighted by atomic mass is 32.2. The summed E-state index contributed by atoms with van der Waals surface area (Å²) in [4.78, 5) is 0. The van der Waals surface area contributed by atoms with Crippen molar-refractivity contribution in [3.63, 3.8) is 0 Å². The molecule has 1 heterocycles. The molecule has 0 saturated heterocycles. The topological polar surface area (TPSA) is 102 Å². The quantitative estimate of drug-likeness (QED) is 0.827. The van der Waals surface area contributed by atoms with Crippen LogP contribution in [0.25, 0.3) is 0 Å². The van der Waals surface area contributed by atoms with Gasteiger partial charge in [0.2, 0.25) is 0 Å². The third kappa shape index (κ3) is 2.40. The van der Waals surface area contributed by atoms with Crippen LogP contribution in [-0.2, 0) is 16.6 Å². The van der Waals surface area contributed by atoms with Crippen molar-refractivity contribution in [1.82, 2.24) is 9.78 Å². The summed E-state index contributed by atoms with van der Waals surface area (Å²) < 4.78 is 24.1. The molecule has 88 valence electrons. The second-order valence-corrected chi connectivity index (χ2v) is 5.48.